The van der Waals surface area contributed by atoms with Crippen LogP contribution in [0.5, 0.6) is 5.75 Å². The second-order valence-electron chi connectivity index (χ2n) is 7.00. The largest absolute Gasteiger partial charge is 0.497 e. The fourth-order valence-corrected chi connectivity index (χ4v) is 5.35. The van der Waals surface area contributed by atoms with E-state index in [-0.39, 0.29) is 12.2 Å². The van der Waals surface area contributed by atoms with Crippen LogP contribution in [-0.2, 0) is 14.3 Å². The first-order chi connectivity index (χ1) is 15.5. The number of nitrogens with zero attached hydrogens (tertiary/aromatic N) is 2. The van der Waals surface area contributed by atoms with Crippen molar-refractivity contribution in [1.29, 1.82) is 0 Å². The van der Waals surface area contributed by atoms with Gasteiger partial charge in [-0.25, -0.2) is 9.79 Å². The Labute approximate surface area is 192 Å². The third-order valence-corrected chi connectivity index (χ3v) is 6.87. The first-order valence-corrected chi connectivity index (χ1v) is 11.6. The van der Waals surface area contributed by atoms with Gasteiger partial charge in [0, 0.05) is 12.0 Å². The lowest BCUT2D eigenvalue weighted by molar-refractivity contribution is -0.140. The maximum Gasteiger partial charge on any atom is 0.338 e. The average Bonchev–Trinajstić information content (AvgIpc) is 3.42. The number of aromatic nitrogens is 1. The molecule has 1 aliphatic rings. The lowest BCUT2D eigenvalue weighted by atomic mass is 10.0. The molecule has 3 aromatic rings. The van der Waals surface area contributed by atoms with Crippen LogP contribution >= 0.6 is 22.7 Å². The molecular formula is C23H22N2O5S2. The maximum absolute atomic E-state index is 13.5. The van der Waals surface area contributed by atoms with E-state index in [1.54, 1.807) is 25.7 Å². The van der Waals surface area contributed by atoms with E-state index in [9.17, 15) is 9.59 Å². The zero-order valence-electron chi connectivity index (χ0n) is 17.9. The van der Waals surface area contributed by atoms with Crippen molar-refractivity contribution in [2.45, 2.75) is 13.0 Å². The Balaban J connectivity index is 1.84. The van der Waals surface area contributed by atoms with Crippen molar-refractivity contribution in [2.75, 3.05) is 27.4 Å². The number of fused-ring (bicyclic) bond motifs is 1. The number of carbonyl (C=O) groups is 1. The molecule has 0 N–H and O–H groups in total. The summed E-state index contributed by atoms with van der Waals surface area (Å²) in [5, 5.41) is 1.92. The predicted molar refractivity (Wildman–Crippen MR) is 124 cm³/mol. The minimum absolute atomic E-state index is 0.129. The molecule has 1 atom stereocenters. The van der Waals surface area contributed by atoms with E-state index >= 15 is 0 Å². The number of esters is 1. The SMILES string of the molecule is COCCOC(=O)C1=C(C)N=c2s/c(=C/c3cccc(OC)c3)c(=O)n2C1c1cccs1. The number of methoxy groups -OCH3 is 2. The number of rotatable bonds is 7. The van der Waals surface area contributed by atoms with Crippen LogP contribution in [0.25, 0.3) is 6.08 Å². The van der Waals surface area contributed by atoms with Crippen molar-refractivity contribution in [3.8, 4) is 5.75 Å². The lowest BCUT2D eigenvalue weighted by Gasteiger charge is -2.23. The molecule has 0 radical (unpaired) electrons. The molecule has 0 amide bonds. The van der Waals surface area contributed by atoms with Crippen molar-refractivity contribution in [1.82, 2.24) is 4.57 Å². The average molecular weight is 471 g/mol. The second-order valence-corrected chi connectivity index (χ2v) is 8.99. The van der Waals surface area contributed by atoms with Gasteiger partial charge in [0.25, 0.3) is 5.56 Å². The lowest BCUT2D eigenvalue weighted by Crippen LogP contribution is -2.39. The van der Waals surface area contributed by atoms with Gasteiger partial charge in [0.2, 0.25) is 0 Å². The Hall–Kier alpha value is -3.01. The predicted octanol–water partition coefficient (Wildman–Crippen LogP) is 2.49. The number of thiazole rings is 1. The van der Waals surface area contributed by atoms with Gasteiger partial charge in [-0.3, -0.25) is 9.36 Å². The fourth-order valence-electron chi connectivity index (χ4n) is 3.48. The second kappa shape index (κ2) is 9.64. The van der Waals surface area contributed by atoms with Gasteiger partial charge in [0.15, 0.2) is 4.80 Å². The standard InChI is InChI=1S/C23H22N2O5S2/c1-14-19(22(27)30-10-9-28-2)20(17-8-5-11-31-17)25-21(26)18(32-23(25)24-14)13-15-6-4-7-16(12-15)29-3/h4-8,11-13,20H,9-10H2,1-3H3/b18-13+. The Morgan fingerprint density at radius 2 is 2.06 bits per heavy atom. The third-order valence-electron chi connectivity index (χ3n) is 4.97. The molecule has 0 bridgehead atoms. The minimum Gasteiger partial charge on any atom is -0.497 e. The molecule has 0 spiro atoms. The van der Waals surface area contributed by atoms with E-state index in [2.05, 4.69) is 4.99 Å². The number of hydrogen-bond donors (Lipinski definition) is 0. The van der Waals surface area contributed by atoms with E-state index in [0.717, 1.165) is 10.4 Å². The summed E-state index contributed by atoms with van der Waals surface area (Å²) in [5.74, 6) is 0.212. The number of benzene rings is 1. The molecular weight excluding hydrogens is 448 g/mol. The number of thiophene rings is 1. The highest BCUT2D eigenvalue weighted by Crippen LogP contribution is 2.33. The molecule has 1 unspecified atom stereocenters. The van der Waals surface area contributed by atoms with Crippen LogP contribution < -0.4 is 19.6 Å². The summed E-state index contributed by atoms with van der Waals surface area (Å²) >= 11 is 2.78. The minimum atomic E-state index is -0.589. The first-order valence-electron chi connectivity index (χ1n) is 9.89. The topological polar surface area (TPSA) is 79.1 Å². The van der Waals surface area contributed by atoms with Gasteiger partial charge in [-0.2, -0.15) is 0 Å². The van der Waals surface area contributed by atoms with E-state index < -0.39 is 12.0 Å². The van der Waals surface area contributed by atoms with Crippen molar-refractivity contribution >= 4 is 34.7 Å². The van der Waals surface area contributed by atoms with Crippen LogP contribution in [0, 0.1) is 0 Å². The molecule has 0 fully saturated rings. The van der Waals surface area contributed by atoms with Gasteiger partial charge >= 0.3 is 5.97 Å². The van der Waals surface area contributed by atoms with Crippen molar-refractivity contribution < 1.29 is 19.0 Å². The molecule has 166 valence electrons. The van der Waals surface area contributed by atoms with Crippen LogP contribution in [0.1, 0.15) is 23.4 Å². The molecule has 9 heteroatoms. The summed E-state index contributed by atoms with van der Waals surface area (Å²) in [6.45, 7) is 2.19. The summed E-state index contributed by atoms with van der Waals surface area (Å²) in [4.78, 5) is 32.4. The highest BCUT2D eigenvalue weighted by molar-refractivity contribution is 7.10. The Morgan fingerprint density at radius 1 is 1.22 bits per heavy atom. The number of carbonyl (C=O) groups excluding carboxylic acids is 1. The Bertz CT molecular complexity index is 1340. The van der Waals surface area contributed by atoms with Gasteiger partial charge in [-0.05, 0) is 42.1 Å². The maximum atomic E-state index is 13.5. The summed E-state index contributed by atoms with van der Waals surface area (Å²) in [6.07, 6.45) is 1.81. The van der Waals surface area contributed by atoms with Crippen LogP contribution in [0.2, 0.25) is 0 Å². The molecule has 4 rings (SSSR count). The summed E-state index contributed by atoms with van der Waals surface area (Å²) in [7, 11) is 3.14. The summed E-state index contributed by atoms with van der Waals surface area (Å²) in [6, 6.07) is 10.7. The molecule has 3 heterocycles. The highest BCUT2D eigenvalue weighted by atomic mass is 32.1. The smallest absolute Gasteiger partial charge is 0.338 e. The van der Waals surface area contributed by atoms with Crippen molar-refractivity contribution in [2.24, 2.45) is 4.99 Å². The normalized spacial score (nSPS) is 16.0. The first kappa shape index (κ1) is 22.2. The van der Waals surface area contributed by atoms with Crippen LogP contribution in [0.4, 0.5) is 0 Å². The van der Waals surface area contributed by atoms with Crippen LogP contribution in [-0.4, -0.2) is 38.0 Å². The van der Waals surface area contributed by atoms with Crippen LogP contribution in [0.15, 0.2) is 62.8 Å². The fraction of sp³-hybridized carbons (Fsp3) is 0.261. The van der Waals surface area contributed by atoms with Crippen molar-refractivity contribution in [3.05, 3.63) is 83.2 Å². The number of ether oxygens (including phenoxy) is 3. The van der Waals surface area contributed by atoms with E-state index in [0.29, 0.717) is 33.0 Å². The molecule has 2 aromatic heterocycles. The molecule has 7 nitrogen and oxygen atoms in total. The molecule has 0 aliphatic carbocycles. The Kier molecular flexibility index (Phi) is 6.69. The molecule has 0 saturated carbocycles. The number of allylic oxidation sites excluding steroid dienone is 1. The number of hydrogen-bond acceptors (Lipinski definition) is 8. The third kappa shape index (κ3) is 4.32. The van der Waals surface area contributed by atoms with Gasteiger partial charge in [-0.15, -0.1) is 11.3 Å². The molecule has 1 aliphatic heterocycles. The molecule has 1 aromatic carbocycles. The van der Waals surface area contributed by atoms with Gasteiger partial charge < -0.3 is 14.2 Å². The van der Waals surface area contributed by atoms with E-state index in [1.165, 1.54) is 22.7 Å². The summed E-state index contributed by atoms with van der Waals surface area (Å²) < 4.78 is 17.8. The van der Waals surface area contributed by atoms with E-state index in [1.807, 2.05) is 47.9 Å². The monoisotopic (exact) mass is 470 g/mol. The van der Waals surface area contributed by atoms with Gasteiger partial charge in [0.05, 0.1) is 29.5 Å². The highest BCUT2D eigenvalue weighted by Gasteiger charge is 2.34. The summed E-state index contributed by atoms with van der Waals surface area (Å²) in [5.41, 5.74) is 1.55. The molecule has 0 saturated heterocycles. The van der Waals surface area contributed by atoms with Crippen LogP contribution in [0.3, 0.4) is 0 Å². The Morgan fingerprint density at radius 3 is 2.78 bits per heavy atom. The van der Waals surface area contributed by atoms with Gasteiger partial charge in [-0.1, -0.05) is 29.5 Å². The zero-order valence-corrected chi connectivity index (χ0v) is 19.5. The van der Waals surface area contributed by atoms with Gasteiger partial charge in [0.1, 0.15) is 18.4 Å². The molecule has 32 heavy (non-hydrogen) atoms. The quantitative estimate of drug-likeness (QED) is 0.392. The van der Waals surface area contributed by atoms with Crippen molar-refractivity contribution in [3.63, 3.8) is 0 Å². The van der Waals surface area contributed by atoms with E-state index in [4.69, 9.17) is 14.2 Å². The zero-order chi connectivity index (χ0) is 22.7.